The van der Waals surface area contributed by atoms with Crippen molar-refractivity contribution in [3.63, 3.8) is 0 Å². The second-order valence-corrected chi connectivity index (χ2v) is 22.7. The van der Waals surface area contributed by atoms with E-state index in [1.807, 2.05) is 23.1 Å². The second-order valence-electron chi connectivity index (χ2n) is 20.6. The molecule has 2 spiro atoms. The van der Waals surface area contributed by atoms with E-state index in [1.54, 1.807) is 0 Å². The minimum atomic E-state index is -0.643. The van der Waals surface area contributed by atoms with Gasteiger partial charge < -0.3 is 9.64 Å². The molecule has 2 aliphatic heterocycles. The van der Waals surface area contributed by atoms with Gasteiger partial charge >= 0.3 is 0 Å². The average Bonchev–Trinajstić information content (AvgIpc) is 4.27. The Bertz CT molecular complexity index is 4350. The highest BCUT2D eigenvalue weighted by Gasteiger charge is 2.52. The van der Waals surface area contributed by atoms with E-state index in [2.05, 4.69) is 266 Å². The van der Waals surface area contributed by atoms with Crippen molar-refractivity contribution < 1.29 is 4.74 Å². The van der Waals surface area contributed by atoms with Crippen LogP contribution in [-0.4, -0.2) is 0 Å². The summed E-state index contributed by atoms with van der Waals surface area (Å²) in [6.07, 6.45) is 0. The number of ether oxygens (including phenoxy) is 1. The smallest absolute Gasteiger partial charge is 0.132 e. The number of hydrogen-bond donors (Lipinski definition) is 0. The molecule has 4 aliphatic rings. The lowest BCUT2D eigenvalue weighted by molar-refractivity contribution is 0.436. The Labute approximate surface area is 448 Å². The molecule has 4 heteroatoms. The van der Waals surface area contributed by atoms with Gasteiger partial charge in [-0.3, -0.25) is 0 Å². The SMILES string of the molecule is c1ccc2c(c1)Oc1ccc(N(c3ccc4c(c3)C3(c5ccccc5S4)c4ccccc4-c4ccccc43)c3cc(-c4cccc5sc6ccccc6c45)cc4ccccc34)cc1C21c2ccccc2-c2ccccc21. The summed E-state index contributed by atoms with van der Waals surface area (Å²) in [5, 5.41) is 4.94. The van der Waals surface area contributed by atoms with Gasteiger partial charge in [-0.1, -0.05) is 200 Å². The van der Waals surface area contributed by atoms with Gasteiger partial charge in [-0.15, -0.1) is 11.3 Å². The zero-order valence-electron chi connectivity index (χ0n) is 41.0. The maximum atomic E-state index is 7.07. The van der Waals surface area contributed by atoms with E-state index in [1.165, 1.54) is 107 Å². The molecule has 0 saturated carbocycles. The molecule has 3 heterocycles. The Balaban J connectivity index is 0.981. The van der Waals surface area contributed by atoms with Crippen molar-refractivity contribution in [3.8, 4) is 44.9 Å². The van der Waals surface area contributed by atoms with E-state index in [0.29, 0.717) is 0 Å². The number of thiophene rings is 1. The predicted molar refractivity (Wildman–Crippen MR) is 316 cm³/mol. The third-order valence-corrected chi connectivity index (χ3v) is 19.3. The van der Waals surface area contributed by atoms with Crippen molar-refractivity contribution in [2.75, 3.05) is 4.90 Å². The summed E-state index contributed by atoms with van der Waals surface area (Å²) in [5.41, 5.74) is 19.6. The van der Waals surface area contributed by atoms with Crippen molar-refractivity contribution in [2.45, 2.75) is 20.6 Å². The van der Waals surface area contributed by atoms with Crippen LogP contribution >= 0.6 is 23.1 Å². The number of rotatable bonds is 4. The van der Waals surface area contributed by atoms with Gasteiger partial charge in [0.15, 0.2) is 0 Å². The molecule has 0 fully saturated rings. The van der Waals surface area contributed by atoms with Gasteiger partial charge in [-0.25, -0.2) is 0 Å². The van der Waals surface area contributed by atoms with Crippen LogP contribution in [0, 0.1) is 0 Å². The van der Waals surface area contributed by atoms with Crippen LogP contribution in [0.2, 0.25) is 0 Å². The van der Waals surface area contributed by atoms with E-state index in [9.17, 15) is 0 Å². The topological polar surface area (TPSA) is 12.5 Å². The van der Waals surface area contributed by atoms with Crippen molar-refractivity contribution in [3.05, 3.63) is 305 Å². The van der Waals surface area contributed by atoms with Gasteiger partial charge in [-0.2, -0.15) is 0 Å². The largest absolute Gasteiger partial charge is 0.457 e. The highest BCUT2D eigenvalue weighted by molar-refractivity contribution is 7.99. The molecule has 13 aromatic rings. The van der Waals surface area contributed by atoms with Crippen molar-refractivity contribution in [1.29, 1.82) is 0 Å². The third kappa shape index (κ3) is 5.57. The molecule has 0 saturated heterocycles. The number of para-hydroxylation sites is 1. The molecule has 17 rings (SSSR count). The van der Waals surface area contributed by atoms with Crippen molar-refractivity contribution >= 4 is 71.1 Å². The molecule has 1 aromatic heterocycles. The maximum absolute atomic E-state index is 7.07. The number of fused-ring (bicyclic) bond motifs is 22. The predicted octanol–water partition coefficient (Wildman–Crippen LogP) is 19.6. The molecule has 12 aromatic carbocycles. The fraction of sp³-hybridized carbons (Fsp3) is 0.0278. The maximum Gasteiger partial charge on any atom is 0.132 e. The Morgan fingerprint density at radius 1 is 0.329 bits per heavy atom. The van der Waals surface area contributed by atoms with Crippen LogP contribution in [0.1, 0.15) is 44.5 Å². The van der Waals surface area contributed by atoms with Gasteiger partial charge in [0.1, 0.15) is 11.5 Å². The first-order valence-corrected chi connectivity index (χ1v) is 27.8. The highest BCUT2D eigenvalue weighted by atomic mass is 32.2. The lowest BCUT2D eigenvalue weighted by Gasteiger charge is -2.41. The van der Waals surface area contributed by atoms with Crippen LogP contribution in [0.4, 0.5) is 17.1 Å². The first kappa shape index (κ1) is 42.4. The first-order chi connectivity index (χ1) is 37.7. The molecule has 0 unspecified atom stereocenters. The lowest BCUT2D eigenvalue weighted by Crippen LogP contribution is -2.32. The summed E-state index contributed by atoms with van der Waals surface area (Å²) < 4.78 is 9.66. The summed E-state index contributed by atoms with van der Waals surface area (Å²) in [7, 11) is 0. The quantitative estimate of drug-likeness (QED) is 0.174. The molecule has 76 heavy (non-hydrogen) atoms. The van der Waals surface area contributed by atoms with Gasteiger partial charge in [0.05, 0.1) is 16.5 Å². The number of hydrogen-bond acceptors (Lipinski definition) is 4. The second kappa shape index (κ2) is 15.8. The van der Waals surface area contributed by atoms with E-state index < -0.39 is 10.8 Å². The van der Waals surface area contributed by atoms with Crippen LogP contribution in [0.5, 0.6) is 11.5 Å². The minimum absolute atomic E-state index is 0.555. The standard InChI is InChI=1S/C72H43NOS2/c1-2-19-48-44(18-1)40-45(49-25-17-35-69-70(49)54-24-7-15-33-66(54)75-69)41-63(48)73(46-36-38-65-61(42-46)71(59-30-12-14-32-64(59)74-65)55-26-8-3-20-50(55)51-21-4-9-27-56(51)71)47-37-39-68-62(43-47)72(60-31-13-16-34-67(60)76-68)57-28-10-5-22-52(57)53-23-6-11-29-58(53)72/h1-43H. The molecule has 0 amide bonds. The van der Waals surface area contributed by atoms with Crippen LogP contribution in [0.15, 0.2) is 271 Å². The lowest BCUT2D eigenvalue weighted by atomic mass is 9.66. The highest BCUT2D eigenvalue weighted by Crippen LogP contribution is 2.65. The minimum Gasteiger partial charge on any atom is -0.457 e. The van der Waals surface area contributed by atoms with Crippen LogP contribution < -0.4 is 9.64 Å². The molecule has 0 radical (unpaired) electrons. The Morgan fingerprint density at radius 2 is 0.829 bits per heavy atom. The molecule has 0 atom stereocenters. The van der Waals surface area contributed by atoms with E-state index >= 15 is 0 Å². The van der Waals surface area contributed by atoms with Gasteiger partial charge in [0.2, 0.25) is 0 Å². The summed E-state index contributed by atoms with van der Waals surface area (Å²) in [6.45, 7) is 0. The average molecular weight is 1000 g/mol. The van der Waals surface area contributed by atoms with Crippen LogP contribution in [0.25, 0.3) is 64.3 Å². The normalized spacial score (nSPS) is 14.3. The van der Waals surface area contributed by atoms with Gasteiger partial charge in [0.25, 0.3) is 0 Å². The number of anilines is 3. The zero-order chi connectivity index (χ0) is 49.7. The monoisotopic (exact) mass is 1000 g/mol. The third-order valence-electron chi connectivity index (χ3n) is 17.0. The summed E-state index contributed by atoms with van der Waals surface area (Å²) in [5.74, 6) is 1.75. The summed E-state index contributed by atoms with van der Waals surface area (Å²) in [4.78, 5) is 5.11. The molecular weight excluding hydrogens is 959 g/mol. The fourth-order valence-electron chi connectivity index (χ4n) is 14.0. The first-order valence-electron chi connectivity index (χ1n) is 26.1. The molecule has 354 valence electrons. The van der Waals surface area contributed by atoms with Crippen molar-refractivity contribution in [1.82, 2.24) is 0 Å². The summed E-state index contributed by atoms with van der Waals surface area (Å²) in [6, 6.07) is 97.9. The Kier molecular flexibility index (Phi) is 8.82. The summed E-state index contributed by atoms with van der Waals surface area (Å²) >= 11 is 3.76. The zero-order valence-corrected chi connectivity index (χ0v) is 42.6. The van der Waals surface area contributed by atoms with E-state index in [4.69, 9.17) is 4.74 Å². The van der Waals surface area contributed by atoms with E-state index in [-0.39, 0.29) is 0 Å². The Morgan fingerprint density at radius 3 is 1.54 bits per heavy atom. The van der Waals surface area contributed by atoms with E-state index in [0.717, 1.165) is 39.7 Å². The van der Waals surface area contributed by atoms with Crippen LogP contribution in [-0.2, 0) is 10.8 Å². The van der Waals surface area contributed by atoms with Crippen LogP contribution in [0.3, 0.4) is 0 Å². The van der Waals surface area contributed by atoms with Gasteiger partial charge in [0, 0.05) is 57.9 Å². The molecule has 2 nitrogen and oxygen atoms in total. The Hall–Kier alpha value is -8.93. The van der Waals surface area contributed by atoms with Crippen molar-refractivity contribution in [2.24, 2.45) is 0 Å². The molecule has 0 bridgehead atoms. The molecule has 2 aliphatic carbocycles. The number of benzene rings is 12. The van der Waals surface area contributed by atoms with Gasteiger partial charge in [-0.05, 0) is 145 Å². The number of nitrogens with zero attached hydrogens (tertiary/aromatic N) is 1. The fourth-order valence-corrected chi connectivity index (χ4v) is 16.3. The molecule has 0 N–H and O–H groups in total. The molecular formula is C72H43NOS2.